The topological polar surface area (TPSA) is 24.9 Å². The van der Waals surface area contributed by atoms with Crippen LogP contribution < -0.4 is 5.32 Å². The zero-order chi connectivity index (χ0) is 10.8. The third kappa shape index (κ3) is 3.21. The third-order valence-corrected chi connectivity index (χ3v) is 5.00. The van der Waals surface area contributed by atoms with Gasteiger partial charge in [-0.1, -0.05) is 6.42 Å². The number of thiazole rings is 1. The average Bonchev–Trinajstić information content (AvgIpc) is 3.01. The molecule has 0 amide bonds. The van der Waals surface area contributed by atoms with Crippen LogP contribution in [0.15, 0.2) is 10.9 Å². The molecule has 3 rings (SSSR count). The van der Waals surface area contributed by atoms with Crippen molar-refractivity contribution in [3.05, 3.63) is 16.6 Å². The summed E-state index contributed by atoms with van der Waals surface area (Å²) < 4.78 is 0. The van der Waals surface area contributed by atoms with Gasteiger partial charge in [0, 0.05) is 11.9 Å². The predicted octanol–water partition coefficient (Wildman–Crippen LogP) is 3.48. The maximum Gasteiger partial charge on any atom is 0.0795 e. The summed E-state index contributed by atoms with van der Waals surface area (Å²) in [7, 11) is 0. The lowest BCUT2D eigenvalue weighted by Gasteiger charge is -2.21. The average molecular weight is 273 g/mol. The molecule has 2 bridgehead atoms. The summed E-state index contributed by atoms with van der Waals surface area (Å²) in [6.07, 6.45) is 7.47. The minimum absolute atomic E-state index is 0. The number of rotatable bonds is 5. The van der Waals surface area contributed by atoms with Gasteiger partial charge in [0.1, 0.15) is 0 Å². The van der Waals surface area contributed by atoms with Crippen molar-refractivity contribution >= 4 is 23.7 Å². The summed E-state index contributed by atoms with van der Waals surface area (Å²) in [5, 5.41) is 5.65. The fraction of sp³-hybridized carbons (Fsp3) is 0.769. The summed E-state index contributed by atoms with van der Waals surface area (Å²) in [5.74, 6) is 3.20. The molecule has 3 unspecified atom stereocenters. The maximum atomic E-state index is 4.28. The van der Waals surface area contributed by atoms with Gasteiger partial charge in [0.2, 0.25) is 0 Å². The lowest BCUT2D eigenvalue weighted by Crippen LogP contribution is -2.20. The molecule has 2 saturated carbocycles. The van der Waals surface area contributed by atoms with Gasteiger partial charge in [-0.05, 0) is 50.0 Å². The molecule has 2 aliphatic carbocycles. The minimum Gasteiger partial charge on any atom is -0.311 e. The summed E-state index contributed by atoms with van der Waals surface area (Å²) >= 11 is 1.68. The van der Waals surface area contributed by atoms with Gasteiger partial charge >= 0.3 is 0 Å². The van der Waals surface area contributed by atoms with Crippen LogP contribution in [-0.2, 0) is 6.54 Å². The highest BCUT2D eigenvalue weighted by atomic mass is 35.5. The van der Waals surface area contributed by atoms with E-state index in [2.05, 4.69) is 15.7 Å². The molecule has 2 fully saturated rings. The van der Waals surface area contributed by atoms with E-state index in [9.17, 15) is 0 Å². The highest BCUT2D eigenvalue weighted by Gasteiger charge is 2.38. The molecule has 1 aromatic heterocycles. The summed E-state index contributed by atoms with van der Waals surface area (Å²) in [6.45, 7) is 2.12. The number of fused-ring (bicyclic) bond motifs is 2. The van der Waals surface area contributed by atoms with Gasteiger partial charge < -0.3 is 5.32 Å². The Hall–Kier alpha value is -0.120. The Morgan fingerprint density at radius 2 is 2.29 bits per heavy atom. The van der Waals surface area contributed by atoms with E-state index in [4.69, 9.17) is 0 Å². The van der Waals surface area contributed by atoms with Crippen molar-refractivity contribution in [1.29, 1.82) is 0 Å². The molecule has 96 valence electrons. The Bertz CT molecular complexity index is 328. The van der Waals surface area contributed by atoms with Crippen LogP contribution in [0.3, 0.4) is 0 Å². The Balaban J connectivity index is 0.00000108. The molecular weight excluding hydrogens is 252 g/mol. The van der Waals surface area contributed by atoms with Crippen LogP contribution in [0.1, 0.15) is 37.8 Å². The third-order valence-electron chi connectivity index (χ3n) is 4.37. The van der Waals surface area contributed by atoms with Crippen molar-refractivity contribution in [2.45, 2.75) is 38.6 Å². The van der Waals surface area contributed by atoms with Crippen molar-refractivity contribution in [1.82, 2.24) is 10.3 Å². The maximum absolute atomic E-state index is 4.28. The second kappa shape index (κ2) is 6.17. The molecule has 1 N–H and O–H groups in total. The van der Waals surface area contributed by atoms with Crippen LogP contribution >= 0.6 is 23.7 Å². The van der Waals surface area contributed by atoms with Crippen LogP contribution in [0.25, 0.3) is 0 Å². The second-order valence-electron chi connectivity index (χ2n) is 5.38. The fourth-order valence-corrected chi connectivity index (χ4v) is 4.12. The van der Waals surface area contributed by atoms with Gasteiger partial charge in [-0.3, -0.25) is 0 Å². The zero-order valence-electron chi connectivity index (χ0n) is 10.1. The van der Waals surface area contributed by atoms with E-state index in [1.165, 1.54) is 44.3 Å². The summed E-state index contributed by atoms with van der Waals surface area (Å²) in [4.78, 5) is 4.28. The number of aromatic nitrogens is 1. The number of hydrogen-bond acceptors (Lipinski definition) is 3. The highest BCUT2D eigenvalue weighted by Crippen LogP contribution is 2.49. The SMILES string of the molecule is Cl.c1nc(CNCCC2CC3CCC2C3)cs1. The Labute approximate surface area is 114 Å². The van der Waals surface area contributed by atoms with Crippen LogP contribution in [0.5, 0.6) is 0 Å². The molecule has 0 spiro atoms. The van der Waals surface area contributed by atoms with Gasteiger partial charge in [0.25, 0.3) is 0 Å². The van der Waals surface area contributed by atoms with E-state index < -0.39 is 0 Å². The molecular formula is C13H21ClN2S. The Kier molecular flexibility index (Phi) is 4.83. The van der Waals surface area contributed by atoms with Crippen molar-refractivity contribution < 1.29 is 0 Å². The Morgan fingerprint density at radius 1 is 1.35 bits per heavy atom. The molecule has 0 radical (unpaired) electrons. The summed E-state index contributed by atoms with van der Waals surface area (Å²) in [5.41, 5.74) is 3.10. The molecule has 0 aliphatic heterocycles. The molecule has 2 nitrogen and oxygen atoms in total. The molecule has 17 heavy (non-hydrogen) atoms. The van der Waals surface area contributed by atoms with Gasteiger partial charge in [-0.25, -0.2) is 4.98 Å². The second-order valence-corrected chi connectivity index (χ2v) is 6.10. The fourth-order valence-electron chi connectivity index (χ4n) is 3.56. The minimum atomic E-state index is 0. The van der Waals surface area contributed by atoms with Crippen LogP contribution in [0.2, 0.25) is 0 Å². The van der Waals surface area contributed by atoms with E-state index in [0.717, 1.165) is 24.3 Å². The van der Waals surface area contributed by atoms with Crippen LogP contribution in [0.4, 0.5) is 0 Å². The predicted molar refractivity (Wildman–Crippen MR) is 74.6 cm³/mol. The van der Waals surface area contributed by atoms with E-state index in [1.54, 1.807) is 11.3 Å². The molecule has 1 heterocycles. The van der Waals surface area contributed by atoms with Gasteiger partial charge in [0.15, 0.2) is 0 Å². The standard InChI is InChI=1S/C13H20N2S.ClH/c1-2-11-5-10(1)6-12(11)3-4-14-7-13-8-16-9-15-13;/h8-12,14H,1-7H2;1H. The molecule has 2 aliphatic rings. The molecule has 1 aromatic rings. The van der Waals surface area contributed by atoms with Gasteiger partial charge in [0.05, 0.1) is 11.2 Å². The first-order chi connectivity index (χ1) is 7.92. The number of hydrogen-bond donors (Lipinski definition) is 1. The first kappa shape index (κ1) is 13.3. The smallest absolute Gasteiger partial charge is 0.0795 e. The van der Waals surface area contributed by atoms with Gasteiger partial charge in [-0.15, -0.1) is 23.7 Å². The van der Waals surface area contributed by atoms with Crippen LogP contribution in [0, 0.1) is 17.8 Å². The highest BCUT2D eigenvalue weighted by molar-refractivity contribution is 7.07. The Morgan fingerprint density at radius 3 is 2.94 bits per heavy atom. The number of nitrogens with zero attached hydrogens (tertiary/aromatic N) is 1. The normalized spacial score (nSPS) is 30.5. The molecule has 0 aromatic carbocycles. The van der Waals surface area contributed by atoms with Crippen molar-refractivity contribution in [2.24, 2.45) is 17.8 Å². The summed E-state index contributed by atoms with van der Waals surface area (Å²) in [6, 6.07) is 0. The van der Waals surface area contributed by atoms with Crippen LogP contribution in [-0.4, -0.2) is 11.5 Å². The molecule has 4 heteroatoms. The van der Waals surface area contributed by atoms with Crippen molar-refractivity contribution in [3.63, 3.8) is 0 Å². The van der Waals surface area contributed by atoms with E-state index >= 15 is 0 Å². The molecule has 3 atom stereocenters. The van der Waals surface area contributed by atoms with E-state index in [-0.39, 0.29) is 12.4 Å². The first-order valence-corrected chi connectivity index (χ1v) is 7.44. The number of nitrogens with one attached hydrogen (secondary N) is 1. The largest absolute Gasteiger partial charge is 0.311 e. The monoisotopic (exact) mass is 272 g/mol. The van der Waals surface area contributed by atoms with Gasteiger partial charge in [-0.2, -0.15) is 0 Å². The first-order valence-electron chi connectivity index (χ1n) is 6.49. The van der Waals surface area contributed by atoms with Crippen molar-refractivity contribution in [2.75, 3.05) is 6.54 Å². The lowest BCUT2D eigenvalue weighted by molar-refractivity contribution is 0.310. The number of halogens is 1. The van der Waals surface area contributed by atoms with E-state index in [1.807, 2.05) is 5.51 Å². The molecule has 0 saturated heterocycles. The van der Waals surface area contributed by atoms with E-state index in [0.29, 0.717) is 0 Å². The van der Waals surface area contributed by atoms with Crippen molar-refractivity contribution in [3.8, 4) is 0 Å². The quantitative estimate of drug-likeness (QED) is 0.830. The zero-order valence-corrected chi connectivity index (χ0v) is 11.7. The lowest BCUT2D eigenvalue weighted by atomic mass is 9.86.